The lowest BCUT2D eigenvalue weighted by atomic mass is 9.91. The van der Waals surface area contributed by atoms with Crippen molar-refractivity contribution in [2.75, 3.05) is 14.2 Å². The molecule has 1 atom stereocenters. The van der Waals surface area contributed by atoms with E-state index in [4.69, 9.17) is 19.6 Å². The standard InChI is InChI=1S/C21H22N2O7/c1-23-16-7-12(29-3)5-4-11(16)6-15(21(23)27)14(9-18(22)25)20-19(26)17(24)8-13(30-20)10-28-2/h4-8,14,26H,9-10H2,1-3H3,(H2,22,25). The number of hydrogen-bond acceptors (Lipinski definition) is 7. The third kappa shape index (κ3) is 3.92. The Morgan fingerprint density at radius 1 is 1.23 bits per heavy atom. The third-order valence-electron chi connectivity index (χ3n) is 4.85. The fraction of sp³-hybridized carbons (Fsp3) is 0.286. The minimum absolute atomic E-state index is 0.0265. The molecule has 2 heterocycles. The van der Waals surface area contributed by atoms with Crippen molar-refractivity contribution >= 4 is 16.8 Å². The van der Waals surface area contributed by atoms with E-state index in [0.717, 1.165) is 6.07 Å². The van der Waals surface area contributed by atoms with Crippen molar-refractivity contribution in [3.8, 4) is 11.5 Å². The fourth-order valence-corrected chi connectivity index (χ4v) is 3.39. The van der Waals surface area contributed by atoms with E-state index in [1.54, 1.807) is 31.3 Å². The van der Waals surface area contributed by atoms with E-state index in [-0.39, 0.29) is 30.1 Å². The van der Waals surface area contributed by atoms with Crippen LogP contribution in [-0.2, 0) is 23.2 Å². The first-order chi connectivity index (χ1) is 14.3. The lowest BCUT2D eigenvalue weighted by Crippen LogP contribution is -2.27. The first kappa shape index (κ1) is 21.1. The summed E-state index contributed by atoms with van der Waals surface area (Å²) in [7, 11) is 4.52. The highest BCUT2D eigenvalue weighted by atomic mass is 16.5. The summed E-state index contributed by atoms with van der Waals surface area (Å²) < 4.78 is 17.2. The highest BCUT2D eigenvalue weighted by molar-refractivity contribution is 5.82. The number of amides is 1. The Balaban J connectivity index is 2.29. The van der Waals surface area contributed by atoms with Crippen LogP contribution in [0.1, 0.15) is 29.4 Å². The Labute approximate surface area is 171 Å². The van der Waals surface area contributed by atoms with Gasteiger partial charge in [-0.2, -0.15) is 0 Å². The Bertz CT molecular complexity index is 1230. The molecule has 0 aliphatic rings. The summed E-state index contributed by atoms with van der Waals surface area (Å²) in [5.74, 6) is -1.95. The van der Waals surface area contributed by atoms with Crippen molar-refractivity contribution < 1.29 is 23.8 Å². The molecule has 0 saturated carbocycles. The molecule has 0 bridgehead atoms. The number of rotatable bonds is 7. The quantitative estimate of drug-likeness (QED) is 0.596. The zero-order valence-corrected chi connectivity index (χ0v) is 16.8. The van der Waals surface area contributed by atoms with Crippen molar-refractivity contribution in [2.45, 2.75) is 18.9 Å². The van der Waals surface area contributed by atoms with Gasteiger partial charge in [0.1, 0.15) is 18.1 Å². The molecule has 9 heteroatoms. The molecule has 0 aliphatic heterocycles. The summed E-state index contributed by atoms with van der Waals surface area (Å²) in [5, 5.41) is 11.0. The topological polar surface area (TPSA) is 134 Å². The molecule has 1 unspecified atom stereocenters. The molecule has 3 aromatic rings. The van der Waals surface area contributed by atoms with E-state index in [9.17, 15) is 19.5 Å². The van der Waals surface area contributed by atoms with E-state index < -0.39 is 28.6 Å². The number of primary amides is 1. The third-order valence-corrected chi connectivity index (χ3v) is 4.85. The van der Waals surface area contributed by atoms with Crippen LogP contribution in [0.3, 0.4) is 0 Å². The van der Waals surface area contributed by atoms with Gasteiger partial charge in [0.2, 0.25) is 17.1 Å². The van der Waals surface area contributed by atoms with Gasteiger partial charge in [-0.1, -0.05) is 0 Å². The number of nitrogens with zero attached hydrogens (tertiary/aromatic N) is 1. The summed E-state index contributed by atoms with van der Waals surface area (Å²) in [5.41, 5.74) is 5.03. The number of aromatic hydroxyl groups is 1. The molecule has 1 amide bonds. The molecule has 0 saturated heterocycles. The summed E-state index contributed by atoms with van der Waals surface area (Å²) in [6.45, 7) is -0.0265. The van der Waals surface area contributed by atoms with E-state index in [1.807, 2.05) is 0 Å². The molecule has 2 aromatic heterocycles. The first-order valence-electron chi connectivity index (χ1n) is 9.07. The lowest BCUT2D eigenvalue weighted by Gasteiger charge is -2.18. The molecule has 30 heavy (non-hydrogen) atoms. The van der Waals surface area contributed by atoms with Crippen LogP contribution in [0.25, 0.3) is 10.9 Å². The van der Waals surface area contributed by atoms with E-state index in [0.29, 0.717) is 16.7 Å². The van der Waals surface area contributed by atoms with Crippen molar-refractivity contribution in [3.63, 3.8) is 0 Å². The van der Waals surface area contributed by atoms with Crippen molar-refractivity contribution in [1.29, 1.82) is 0 Å². The number of benzene rings is 1. The Kier molecular flexibility index (Phi) is 5.93. The molecule has 9 nitrogen and oxygen atoms in total. The number of ether oxygens (including phenoxy) is 2. The number of aryl methyl sites for hydroxylation is 1. The van der Waals surface area contributed by atoms with Crippen molar-refractivity contribution in [3.05, 3.63) is 68.0 Å². The van der Waals surface area contributed by atoms with Crippen LogP contribution in [0.15, 0.2) is 44.3 Å². The van der Waals surface area contributed by atoms with Crippen LogP contribution in [0.4, 0.5) is 0 Å². The van der Waals surface area contributed by atoms with Gasteiger partial charge in [-0.15, -0.1) is 0 Å². The maximum atomic E-state index is 13.1. The van der Waals surface area contributed by atoms with Gasteiger partial charge in [0, 0.05) is 38.3 Å². The summed E-state index contributed by atoms with van der Waals surface area (Å²) in [6.07, 6.45) is -0.343. The molecular formula is C21H22N2O7. The second-order valence-corrected chi connectivity index (χ2v) is 6.83. The molecular weight excluding hydrogens is 392 g/mol. The molecule has 0 radical (unpaired) electrons. The number of fused-ring (bicyclic) bond motifs is 1. The lowest BCUT2D eigenvalue weighted by molar-refractivity contribution is -0.118. The van der Waals surface area contributed by atoms with Crippen molar-refractivity contribution in [2.24, 2.45) is 12.8 Å². The van der Waals surface area contributed by atoms with E-state index in [1.165, 1.54) is 18.8 Å². The number of nitrogens with two attached hydrogens (primary N) is 1. The molecule has 3 N–H and O–H groups in total. The van der Waals surface area contributed by atoms with Crippen LogP contribution in [0.2, 0.25) is 0 Å². The Hall–Kier alpha value is -3.59. The van der Waals surface area contributed by atoms with Gasteiger partial charge in [0.25, 0.3) is 5.56 Å². The van der Waals surface area contributed by atoms with Crippen LogP contribution in [0.5, 0.6) is 11.5 Å². The first-order valence-corrected chi connectivity index (χ1v) is 9.07. The summed E-state index contributed by atoms with van der Waals surface area (Å²) in [6, 6.07) is 7.88. The second kappa shape index (κ2) is 8.42. The molecule has 158 valence electrons. The Morgan fingerprint density at radius 2 is 1.97 bits per heavy atom. The minimum Gasteiger partial charge on any atom is -0.502 e. The largest absolute Gasteiger partial charge is 0.502 e. The van der Waals surface area contributed by atoms with Crippen LogP contribution in [0, 0.1) is 0 Å². The van der Waals surface area contributed by atoms with Gasteiger partial charge in [0.15, 0.2) is 5.76 Å². The van der Waals surface area contributed by atoms with Gasteiger partial charge in [-0.25, -0.2) is 0 Å². The maximum Gasteiger partial charge on any atom is 0.254 e. The van der Waals surface area contributed by atoms with Gasteiger partial charge in [0.05, 0.1) is 18.5 Å². The van der Waals surface area contributed by atoms with E-state index >= 15 is 0 Å². The van der Waals surface area contributed by atoms with Gasteiger partial charge in [-0.05, 0) is 23.6 Å². The average molecular weight is 414 g/mol. The Morgan fingerprint density at radius 3 is 2.60 bits per heavy atom. The molecule has 3 rings (SSSR count). The number of methoxy groups -OCH3 is 2. The highest BCUT2D eigenvalue weighted by Gasteiger charge is 2.28. The smallest absolute Gasteiger partial charge is 0.254 e. The average Bonchev–Trinajstić information content (AvgIpc) is 2.71. The van der Waals surface area contributed by atoms with Crippen molar-refractivity contribution in [1.82, 2.24) is 4.57 Å². The number of carbonyl (C=O) groups excluding carboxylic acids is 1. The van der Waals surface area contributed by atoms with Gasteiger partial charge < -0.3 is 29.3 Å². The summed E-state index contributed by atoms with van der Waals surface area (Å²) >= 11 is 0. The zero-order valence-electron chi connectivity index (χ0n) is 16.8. The zero-order chi connectivity index (χ0) is 22.0. The predicted molar refractivity (Wildman–Crippen MR) is 109 cm³/mol. The molecule has 0 fully saturated rings. The molecule has 0 aliphatic carbocycles. The number of hydrogen-bond donors (Lipinski definition) is 2. The number of carbonyl (C=O) groups is 1. The van der Waals surface area contributed by atoms with E-state index in [2.05, 4.69) is 0 Å². The van der Waals surface area contributed by atoms with Crippen LogP contribution < -0.4 is 21.5 Å². The minimum atomic E-state index is -1.06. The van der Waals surface area contributed by atoms with Gasteiger partial charge >= 0.3 is 0 Å². The number of aromatic nitrogens is 1. The highest BCUT2D eigenvalue weighted by Crippen LogP contribution is 2.33. The van der Waals surface area contributed by atoms with Crippen LogP contribution >= 0.6 is 0 Å². The molecule has 1 aromatic carbocycles. The summed E-state index contributed by atoms with van der Waals surface area (Å²) in [4.78, 5) is 37.1. The SMILES string of the molecule is COCc1cc(=O)c(O)c(C(CC(N)=O)c2cc3ccc(OC)cc3n(C)c2=O)o1. The monoisotopic (exact) mass is 414 g/mol. The second-order valence-electron chi connectivity index (χ2n) is 6.83. The van der Waals surface area contributed by atoms with Crippen LogP contribution in [-0.4, -0.2) is 29.8 Å². The predicted octanol–water partition coefficient (Wildman–Crippen LogP) is 1.36. The fourth-order valence-electron chi connectivity index (χ4n) is 3.39. The van der Waals surface area contributed by atoms with Gasteiger partial charge in [-0.3, -0.25) is 14.4 Å². The molecule has 0 spiro atoms. The maximum absolute atomic E-state index is 13.1. The number of pyridine rings is 1. The normalized spacial score (nSPS) is 12.1.